The van der Waals surface area contributed by atoms with Crippen molar-refractivity contribution in [1.29, 1.82) is 0 Å². The molecule has 0 aliphatic carbocycles. The van der Waals surface area contributed by atoms with E-state index >= 15 is 0 Å². The molecule has 2 aromatic rings. The summed E-state index contributed by atoms with van der Waals surface area (Å²) in [7, 11) is 0. The van der Waals surface area contributed by atoms with Gasteiger partial charge in [-0.2, -0.15) is 0 Å². The summed E-state index contributed by atoms with van der Waals surface area (Å²) in [6.07, 6.45) is 2.30. The molecule has 2 aromatic carbocycles. The smallest absolute Gasteiger partial charge is 0.133 e. The van der Waals surface area contributed by atoms with E-state index in [1.807, 2.05) is 25.1 Å². The van der Waals surface area contributed by atoms with Gasteiger partial charge in [-0.05, 0) is 65.2 Å². The molecule has 0 atom stereocenters. The van der Waals surface area contributed by atoms with Crippen molar-refractivity contribution in [3.63, 3.8) is 0 Å². The molecule has 21 heavy (non-hydrogen) atoms. The molecule has 0 aliphatic heterocycles. The molecule has 0 radical (unpaired) electrons. The molecule has 0 unspecified atom stereocenters. The van der Waals surface area contributed by atoms with Gasteiger partial charge in [0, 0.05) is 11.1 Å². The molecular weight excluding hydrogens is 324 g/mol. The van der Waals surface area contributed by atoms with E-state index in [2.05, 4.69) is 59.0 Å². The van der Waals surface area contributed by atoms with Gasteiger partial charge in [-0.1, -0.05) is 37.3 Å². The van der Waals surface area contributed by atoms with Crippen molar-refractivity contribution < 1.29 is 4.74 Å². The van der Waals surface area contributed by atoms with Gasteiger partial charge in [-0.3, -0.25) is 0 Å². The third kappa shape index (κ3) is 4.65. The van der Waals surface area contributed by atoms with Gasteiger partial charge in [0.2, 0.25) is 0 Å². The first-order valence-corrected chi connectivity index (χ1v) is 8.05. The van der Waals surface area contributed by atoms with E-state index in [1.54, 1.807) is 0 Å². The number of halogens is 1. The van der Waals surface area contributed by atoms with Crippen molar-refractivity contribution in [3.8, 4) is 17.6 Å². The molecule has 0 fully saturated rings. The van der Waals surface area contributed by atoms with Gasteiger partial charge in [0.15, 0.2) is 0 Å². The zero-order chi connectivity index (χ0) is 15.1. The fourth-order valence-corrected chi connectivity index (χ4v) is 2.53. The summed E-state index contributed by atoms with van der Waals surface area (Å²) in [4.78, 5) is 0. The van der Waals surface area contributed by atoms with Gasteiger partial charge in [0.25, 0.3) is 0 Å². The zero-order valence-electron chi connectivity index (χ0n) is 12.4. The molecule has 0 aliphatic rings. The Balaban J connectivity index is 2.13. The lowest BCUT2D eigenvalue weighted by Crippen LogP contribution is -1.92. The predicted molar refractivity (Wildman–Crippen MR) is 91.7 cm³/mol. The highest BCUT2D eigenvalue weighted by Crippen LogP contribution is 2.25. The minimum absolute atomic E-state index is 0.660. The van der Waals surface area contributed by atoms with Gasteiger partial charge >= 0.3 is 0 Å². The minimum Gasteiger partial charge on any atom is -0.493 e. The Morgan fingerprint density at radius 2 is 1.62 bits per heavy atom. The molecule has 0 heterocycles. The number of hydrogen-bond acceptors (Lipinski definition) is 1. The lowest BCUT2D eigenvalue weighted by molar-refractivity contribution is 0.338. The van der Waals surface area contributed by atoms with Crippen LogP contribution >= 0.6 is 15.9 Å². The molecule has 1 nitrogen and oxygen atoms in total. The molecule has 108 valence electrons. The average molecular weight is 343 g/mol. The van der Waals surface area contributed by atoms with E-state index in [9.17, 15) is 0 Å². The Hall–Kier alpha value is -1.72. The summed E-state index contributed by atoms with van der Waals surface area (Å²) in [6, 6.07) is 14.4. The van der Waals surface area contributed by atoms with E-state index in [4.69, 9.17) is 4.74 Å². The quantitative estimate of drug-likeness (QED) is 0.694. The minimum atomic E-state index is 0.660. The summed E-state index contributed by atoms with van der Waals surface area (Å²) >= 11 is 3.51. The molecule has 0 N–H and O–H groups in total. The van der Waals surface area contributed by atoms with Crippen LogP contribution in [0.15, 0.2) is 46.9 Å². The van der Waals surface area contributed by atoms with E-state index < -0.39 is 0 Å². The van der Waals surface area contributed by atoms with Crippen LogP contribution in [0.1, 0.15) is 37.0 Å². The van der Waals surface area contributed by atoms with Crippen LogP contribution in [0.25, 0.3) is 0 Å². The first kappa shape index (κ1) is 15.7. The monoisotopic (exact) mass is 342 g/mol. The summed E-state index contributed by atoms with van der Waals surface area (Å²) in [5, 5.41) is 0. The average Bonchev–Trinajstić information content (AvgIpc) is 2.49. The van der Waals surface area contributed by atoms with E-state index in [-0.39, 0.29) is 0 Å². The Morgan fingerprint density at radius 1 is 0.952 bits per heavy atom. The molecule has 2 rings (SSSR count). The summed E-state index contributed by atoms with van der Waals surface area (Å²) in [5.41, 5.74) is 3.38. The van der Waals surface area contributed by atoms with Crippen molar-refractivity contribution in [2.75, 3.05) is 6.61 Å². The largest absolute Gasteiger partial charge is 0.493 e. The second-order valence-electron chi connectivity index (χ2n) is 4.78. The number of benzene rings is 2. The maximum Gasteiger partial charge on any atom is 0.133 e. The van der Waals surface area contributed by atoms with Crippen molar-refractivity contribution in [3.05, 3.63) is 63.6 Å². The summed E-state index contributed by atoms with van der Waals surface area (Å²) < 4.78 is 6.43. The van der Waals surface area contributed by atoms with Crippen LogP contribution in [0.5, 0.6) is 5.75 Å². The molecule has 0 aromatic heterocycles. The van der Waals surface area contributed by atoms with Crippen molar-refractivity contribution in [2.24, 2.45) is 0 Å². The number of ether oxygens (including phenoxy) is 1. The lowest BCUT2D eigenvalue weighted by atomic mass is 10.1. The number of aryl methyl sites for hydroxylation is 1. The van der Waals surface area contributed by atoms with Crippen LogP contribution in [0.3, 0.4) is 0 Å². The first-order chi connectivity index (χ1) is 10.2. The Labute approximate surface area is 135 Å². The SMILES string of the molecule is CCCc1ccc(C#Cc2ccc(OCC)c(Br)c2)cc1. The summed E-state index contributed by atoms with van der Waals surface area (Å²) in [6.45, 7) is 4.83. The second kappa shape index (κ2) is 7.90. The fraction of sp³-hybridized carbons (Fsp3) is 0.263. The highest BCUT2D eigenvalue weighted by Gasteiger charge is 2.00. The molecule has 0 saturated heterocycles. The topological polar surface area (TPSA) is 9.23 Å². The third-order valence-corrected chi connectivity index (χ3v) is 3.70. The molecule has 0 spiro atoms. The van der Waals surface area contributed by atoms with E-state index in [1.165, 1.54) is 12.0 Å². The fourth-order valence-electron chi connectivity index (χ4n) is 2.04. The molecule has 0 amide bonds. The van der Waals surface area contributed by atoms with Gasteiger partial charge in [-0.15, -0.1) is 0 Å². The highest BCUT2D eigenvalue weighted by atomic mass is 79.9. The van der Waals surface area contributed by atoms with Crippen LogP contribution in [-0.2, 0) is 6.42 Å². The third-order valence-electron chi connectivity index (χ3n) is 3.08. The standard InChI is InChI=1S/C19H19BrO/c1-3-5-15-6-8-16(9-7-15)10-11-17-12-13-19(21-4-2)18(20)14-17/h6-9,12-14H,3-5H2,1-2H3. The Kier molecular flexibility index (Phi) is 5.90. The molecule has 2 heteroatoms. The molecule has 0 saturated carbocycles. The van der Waals surface area contributed by atoms with Crippen LogP contribution in [0, 0.1) is 11.8 Å². The maximum absolute atomic E-state index is 5.50. The van der Waals surface area contributed by atoms with Crippen LogP contribution < -0.4 is 4.74 Å². The van der Waals surface area contributed by atoms with Crippen LogP contribution in [-0.4, -0.2) is 6.61 Å². The van der Waals surface area contributed by atoms with Crippen LogP contribution in [0.4, 0.5) is 0 Å². The normalized spacial score (nSPS) is 9.86. The summed E-state index contributed by atoms with van der Waals surface area (Å²) in [5.74, 6) is 7.24. The van der Waals surface area contributed by atoms with Crippen molar-refractivity contribution >= 4 is 15.9 Å². The molecule has 0 bridgehead atoms. The first-order valence-electron chi connectivity index (χ1n) is 7.26. The zero-order valence-corrected chi connectivity index (χ0v) is 14.0. The molecular formula is C19H19BrO. The predicted octanol–water partition coefficient (Wildman–Crippen LogP) is 5.20. The van der Waals surface area contributed by atoms with Gasteiger partial charge < -0.3 is 4.74 Å². The van der Waals surface area contributed by atoms with Crippen molar-refractivity contribution in [1.82, 2.24) is 0 Å². The van der Waals surface area contributed by atoms with Gasteiger partial charge in [0.05, 0.1) is 11.1 Å². The van der Waals surface area contributed by atoms with Crippen LogP contribution in [0.2, 0.25) is 0 Å². The Morgan fingerprint density at radius 3 is 2.24 bits per heavy atom. The Bertz CT molecular complexity index is 648. The maximum atomic E-state index is 5.50. The second-order valence-corrected chi connectivity index (χ2v) is 5.63. The van der Waals surface area contributed by atoms with Gasteiger partial charge in [0.1, 0.15) is 5.75 Å². The van der Waals surface area contributed by atoms with E-state index in [0.717, 1.165) is 27.8 Å². The lowest BCUT2D eigenvalue weighted by Gasteiger charge is -2.05. The van der Waals surface area contributed by atoms with Crippen molar-refractivity contribution in [2.45, 2.75) is 26.7 Å². The number of hydrogen-bond donors (Lipinski definition) is 0. The number of rotatable bonds is 4. The highest BCUT2D eigenvalue weighted by molar-refractivity contribution is 9.10. The van der Waals surface area contributed by atoms with Gasteiger partial charge in [-0.25, -0.2) is 0 Å². The van der Waals surface area contributed by atoms with E-state index in [0.29, 0.717) is 6.61 Å².